The first-order chi connectivity index (χ1) is 4.88. The Morgan fingerprint density at radius 3 is 3.40 bits per heavy atom. The fraction of sp³-hybridized carbons (Fsp3) is 0.167. The standard InChI is InChI=1S/C6H6N3O/c10-9-3-1-2-5-4-7-8-6(5)9/h1-4,6,8H/q+1. The predicted octanol–water partition coefficient (Wildman–Crippen LogP) is 0.134. The Balaban J connectivity index is 2.40. The van der Waals surface area contributed by atoms with Crippen LogP contribution in [0.2, 0.25) is 0 Å². The van der Waals surface area contributed by atoms with Gasteiger partial charge in [-0.05, 0) is 6.08 Å². The van der Waals surface area contributed by atoms with Crippen molar-refractivity contribution in [1.29, 1.82) is 0 Å². The Kier molecular flexibility index (Phi) is 0.943. The SMILES string of the molecule is O=[N+]1C=CC=C2C=NNC21. The summed E-state index contributed by atoms with van der Waals surface area (Å²) in [6.45, 7) is 0. The Hall–Kier alpha value is -1.45. The van der Waals surface area contributed by atoms with E-state index < -0.39 is 0 Å². The summed E-state index contributed by atoms with van der Waals surface area (Å²) in [6.07, 6.45) is 6.40. The quantitative estimate of drug-likeness (QED) is 0.481. The van der Waals surface area contributed by atoms with E-state index in [2.05, 4.69) is 10.5 Å². The summed E-state index contributed by atoms with van der Waals surface area (Å²) in [5.74, 6) is 0. The van der Waals surface area contributed by atoms with Gasteiger partial charge in [0.25, 0.3) is 0 Å². The maximum absolute atomic E-state index is 10.9. The summed E-state index contributed by atoms with van der Waals surface area (Å²) in [6, 6.07) is 0. The van der Waals surface area contributed by atoms with Crippen LogP contribution in [0.25, 0.3) is 0 Å². The van der Waals surface area contributed by atoms with Gasteiger partial charge in [-0.25, -0.2) is 5.43 Å². The van der Waals surface area contributed by atoms with E-state index in [4.69, 9.17) is 0 Å². The molecule has 0 aromatic rings. The van der Waals surface area contributed by atoms with Gasteiger partial charge in [0.1, 0.15) is 0 Å². The number of fused-ring (bicyclic) bond motifs is 1. The van der Waals surface area contributed by atoms with Crippen LogP contribution in [0.15, 0.2) is 29.0 Å². The van der Waals surface area contributed by atoms with E-state index in [0.29, 0.717) is 0 Å². The fourth-order valence-electron chi connectivity index (χ4n) is 0.991. The maximum Gasteiger partial charge on any atom is 0.321 e. The fourth-order valence-corrected chi connectivity index (χ4v) is 0.991. The van der Waals surface area contributed by atoms with Gasteiger partial charge in [-0.15, -0.1) is 0 Å². The highest BCUT2D eigenvalue weighted by atomic mass is 16.3. The molecule has 2 aliphatic rings. The first kappa shape index (κ1) is 5.34. The van der Waals surface area contributed by atoms with E-state index in [-0.39, 0.29) is 6.17 Å². The molecule has 1 N–H and O–H groups in total. The highest BCUT2D eigenvalue weighted by Crippen LogP contribution is 2.11. The minimum Gasteiger partial charge on any atom is -0.241 e. The lowest BCUT2D eigenvalue weighted by Crippen LogP contribution is -2.31. The molecule has 0 radical (unpaired) electrons. The third kappa shape index (κ3) is 0.586. The van der Waals surface area contributed by atoms with Crippen LogP contribution < -0.4 is 5.43 Å². The van der Waals surface area contributed by atoms with Crippen LogP contribution in [0, 0.1) is 4.91 Å². The molecule has 0 saturated heterocycles. The number of nitroso groups, excluding NO2 is 1. The zero-order chi connectivity index (χ0) is 6.97. The lowest BCUT2D eigenvalue weighted by Gasteiger charge is -2.01. The van der Waals surface area contributed by atoms with Crippen molar-refractivity contribution in [3.8, 4) is 0 Å². The number of nitrogens with one attached hydrogen (secondary N) is 1. The Morgan fingerprint density at radius 2 is 2.60 bits per heavy atom. The van der Waals surface area contributed by atoms with Crippen LogP contribution in [0.1, 0.15) is 0 Å². The molecule has 4 nitrogen and oxygen atoms in total. The monoisotopic (exact) mass is 136 g/mol. The average molecular weight is 136 g/mol. The van der Waals surface area contributed by atoms with Gasteiger partial charge < -0.3 is 0 Å². The van der Waals surface area contributed by atoms with Gasteiger partial charge in [0.2, 0.25) is 6.20 Å². The van der Waals surface area contributed by atoms with Crippen molar-refractivity contribution in [2.75, 3.05) is 0 Å². The average Bonchev–Trinajstić information content (AvgIpc) is 2.36. The van der Waals surface area contributed by atoms with Crippen LogP contribution in [0.3, 0.4) is 0 Å². The van der Waals surface area contributed by atoms with Crippen molar-refractivity contribution in [3.05, 3.63) is 28.8 Å². The van der Waals surface area contributed by atoms with Crippen LogP contribution >= 0.6 is 0 Å². The van der Waals surface area contributed by atoms with Gasteiger partial charge in [0.05, 0.1) is 16.5 Å². The highest BCUT2D eigenvalue weighted by Gasteiger charge is 2.31. The molecule has 0 saturated carbocycles. The Labute approximate surface area is 57.5 Å². The zero-order valence-electron chi connectivity index (χ0n) is 5.19. The first-order valence-electron chi connectivity index (χ1n) is 3.00. The van der Waals surface area contributed by atoms with Crippen molar-refractivity contribution in [2.24, 2.45) is 5.10 Å². The zero-order valence-corrected chi connectivity index (χ0v) is 5.19. The third-order valence-electron chi connectivity index (χ3n) is 1.50. The van der Waals surface area contributed by atoms with E-state index in [0.717, 1.165) is 10.3 Å². The Morgan fingerprint density at radius 1 is 1.70 bits per heavy atom. The van der Waals surface area contributed by atoms with Crippen molar-refractivity contribution >= 4 is 6.21 Å². The van der Waals surface area contributed by atoms with Gasteiger partial charge in [0.15, 0.2) is 0 Å². The smallest absolute Gasteiger partial charge is 0.241 e. The minimum absolute atomic E-state index is 0.287. The van der Waals surface area contributed by atoms with Crippen LogP contribution in [0.4, 0.5) is 0 Å². The Bertz CT molecular complexity index is 264. The predicted molar refractivity (Wildman–Crippen MR) is 36.3 cm³/mol. The molecule has 1 atom stereocenters. The second-order valence-corrected chi connectivity index (χ2v) is 2.16. The lowest BCUT2D eigenvalue weighted by molar-refractivity contribution is -0.516. The van der Waals surface area contributed by atoms with E-state index in [1.54, 1.807) is 12.3 Å². The molecule has 2 heterocycles. The summed E-state index contributed by atoms with van der Waals surface area (Å²) in [4.78, 5) is 10.9. The van der Waals surface area contributed by atoms with E-state index in [1.165, 1.54) is 6.20 Å². The van der Waals surface area contributed by atoms with Crippen LogP contribution in [-0.4, -0.2) is 17.1 Å². The molecule has 0 bridgehead atoms. The summed E-state index contributed by atoms with van der Waals surface area (Å²) in [5, 5.41) is 3.75. The van der Waals surface area contributed by atoms with Crippen molar-refractivity contribution in [2.45, 2.75) is 6.17 Å². The minimum atomic E-state index is -0.287. The first-order valence-corrected chi connectivity index (χ1v) is 3.00. The molecular weight excluding hydrogens is 130 g/mol. The molecule has 0 spiro atoms. The third-order valence-corrected chi connectivity index (χ3v) is 1.50. The maximum atomic E-state index is 10.9. The van der Waals surface area contributed by atoms with Gasteiger partial charge in [-0.3, -0.25) is 0 Å². The second-order valence-electron chi connectivity index (χ2n) is 2.16. The second kappa shape index (κ2) is 1.76. The largest absolute Gasteiger partial charge is 0.321 e. The van der Waals surface area contributed by atoms with Crippen molar-refractivity contribution in [3.63, 3.8) is 0 Å². The summed E-state index contributed by atoms with van der Waals surface area (Å²) >= 11 is 0. The van der Waals surface area contributed by atoms with E-state index in [9.17, 15) is 4.91 Å². The molecule has 1 unspecified atom stereocenters. The molecule has 4 heteroatoms. The molecule has 0 fully saturated rings. The summed E-state index contributed by atoms with van der Waals surface area (Å²) < 4.78 is 0.836. The molecule has 2 rings (SSSR count). The van der Waals surface area contributed by atoms with Crippen LogP contribution in [0.5, 0.6) is 0 Å². The van der Waals surface area contributed by atoms with Gasteiger partial charge >= 0.3 is 6.17 Å². The normalized spacial score (nSPS) is 27.8. The van der Waals surface area contributed by atoms with E-state index >= 15 is 0 Å². The number of allylic oxidation sites excluding steroid dienone is 2. The van der Waals surface area contributed by atoms with Gasteiger partial charge in [-0.2, -0.15) is 5.10 Å². The number of hydrazone groups is 1. The number of hydrogen-bond acceptors (Lipinski definition) is 3. The van der Waals surface area contributed by atoms with Gasteiger partial charge in [-0.1, -0.05) is 0 Å². The molecular formula is C6H6N3O+. The molecule has 0 aromatic carbocycles. The molecule has 0 aliphatic carbocycles. The molecule has 10 heavy (non-hydrogen) atoms. The summed E-state index contributed by atoms with van der Waals surface area (Å²) in [7, 11) is 0. The molecule has 0 amide bonds. The highest BCUT2D eigenvalue weighted by molar-refractivity contribution is 5.82. The topological polar surface area (TPSA) is 44.5 Å². The summed E-state index contributed by atoms with van der Waals surface area (Å²) in [5.41, 5.74) is 3.59. The molecule has 50 valence electrons. The van der Waals surface area contributed by atoms with Crippen molar-refractivity contribution in [1.82, 2.24) is 5.43 Å². The lowest BCUT2D eigenvalue weighted by atomic mass is 10.2. The molecule has 0 aromatic heterocycles. The van der Waals surface area contributed by atoms with Crippen LogP contribution in [-0.2, 0) is 0 Å². The number of hydrogen-bond donors (Lipinski definition) is 1. The van der Waals surface area contributed by atoms with Gasteiger partial charge in [0, 0.05) is 11.0 Å². The number of rotatable bonds is 0. The van der Waals surface area contributed by atoms with E-state index in [1.807, 2.05) is 6.08 Å². The van der Waals surface area contributed by atoms with Crippen molar-refractivity contribution < 1.29 is 4.76 Å². The number of nitrogens with zero attached hydrogens (tertiary/aromatic N) is 2. The molecule has 2 aliphatic heterocycles.